The van der Waals surface area contributed by atoms with Gasteiger partial charge >= 0.3 is 0 Å². The van der Waals surface area contributed by atoms with Crippen LogP contribution in [0.15, 0.2) is 48.0 Å². The molecule has 1 fully saturated rings. The van der Waals surface area contributed by atoms with Gasteiger partial charge in [0.1, 0.15) is 12.4 Å². The molecule has 3 aromatic rings. The van der Waals surface area contributed by atoms with E-state index in [1.807, 2.05) is 12.1 Å². The number of hydrogen-bond acceptors (Lipinski definition) is 5. The first-order valence-corrected chi connectivity index (χ1v) is 12.1. The zero-order chi connectivity index (χ0) is 22.8. The van der Waals surface area contributed by atoms with E-state index in [4.69, 9.17) is 0 Å². The lowest BCUT2D eigenvalue weighted by molar-refractivity contribution is -0.116. The summed E-state index contributed by atoms with van der Waals surface area (Å²) in [6.45, 7) is 2.09. The molecule has 0 radical (unpaired) electrons. The molecule has 3 heterocycles. The standard InChI is InChI=1S/C25H25FN4O2S/c26-22-13-19(18-3-1-16(2-4-18)11-17-5-7-27-8-6-17)12-20-21(22)14-30(24(20)32)15-23(31)29-25-28-9-10-33-25/h1-4,9-10,12-13,17,27H,5-8,11,14-15H2,(H,28,29,31). The summed E-state index contributed by atoms with van der Waals surface area (Å²) in [6, 6.07) is 11.4. The van der Waals surface area contributed by atoms with Crippen LogP contribution >= 0.6 is 11.3 Å². The molecule has 6 nitrogen and oxygen atoms in total. The summed E-state index contributed by atoms with van der Waals surface area (Å²) in [5.41, 5.74) is 3.49. The summed E-state index contributed by atoms with van der Waals surface area (Å²) in [5.74, 6) is -0.401. The lowest BCUT2D eigenvalue weighted by atomic mass is 9.90. The van der Waals surface area contributed by atoms with Crippen molar-refractivity contribution in [1.29, 1.82) is 0 Å². The molecule has 1 aromatic heterocycles. The van der Waals surface area contributed by atoms with Gasteiger partial charge in [-0.05, 0) is 67.1 Å². The number of benzene rings is 2. The largest absolute Gasteiger partial charge is 0.325 e. The quantitative estimate of drug-likeness (QED) is 0.576. The van der Waals surface area contributed by atoms with E-state index in [1.54, 1.807) is 17.6 Å². The van der Waals surface area contributed by atoms with Crippen LogP contribution in [0.5, 0.6) is 0 Å². The van der Waals surface area contributed by atoms with Gasteiger partial charge in [-0.2, -0.15) is 0 Å². The van der Waals surface area contributed by atoms with E-state index in [-0.39, 0.29) is 24.9 Å². The predicted molar refractivity (Wildman–Crippen MR) is 127 cm³/mol. The smallest absolute Gasteiger partial charge is 0.255 e. The molecular weight excluding hydrogens is 439 g/mol. The Morgan fingerprint density at radius 1 is 1.18 bits per heavy atom. The van der Waals surface area contributed by atoms with Crippen molar-refractivity contribution in [2.45, 2.75) is 25.8 Å². The number of thiazole rings is 1. The normalized spacial score (nSPS) is 16.2. The Balaban J connectivity index is 1.29. The summed E-state index contributed by atoms with van der Waals surface area (Å²) in [5, 5.41) is 8.28. The van der Waals surface area contributed by atoms with Crippen molar-refractivity contribution >= 4 is 28.3 Å². The molecule has 2 aliphatic rings. The zero-order valence-corrected chi connectivity index (χ0v) is 19.0. The van der Waals surface area contributed by atoms with Crippen LogP contribution in [-0.4, -0.2) is 41.3 Å². The number of fused-ring (bicyclic) bond motifs is 1. The van der Waals surface area contributed by atoms with Crippen LogP contribution in [0.3, 0.4) is 0 Å². The number of carbonyl (C=O) groups excluding carboxylic acids is 2. The van der Waals surface area contributed by atoms with Gasteiger partial charge in [-0.3, -0.25) is 9.59 Å². The highest BCUT2D eigenvalue weighted by molar-refractivity contribution is 7.13. The molecule has 170 valence electrons. The van der Waals surface area contributed by atoms with Crippen molar-refractivity contribution in [2.24, 2.45) is 5.92 Å². The maximum absolute atomic E-state index is 14.9. The molecule has 0 spiro atoms. The fourth-order valence-corrected chi connectivity index (χ4v) is 5.13. The molecule has 2 N–H and O–H groups in total. The Bertz CT molecular complexity index is 1160. The highest BCUT2D eigenvalue weighted by Gasteiger charge is 2.32. The Labute approximate surface area is 195 Å². The van der Waals surface area contributed by atoms with E-state index in [0.717, 1.165) is 25.1 Å². The zero-order valence-electron chi connectivity index (χ0n) is 18.1. The fraction of sp³-hybridized carbons (Fsp3) is 0.320. The van der Waals surface area contributed by atoms with Crippen molar-refractivity contribution in [3.8, 4) is 11.1 Å². The van der Waals surface area contributed by atoms with E-state index in [1.165, 1.54) is 40.7 Å². The predicted octanol–water partition coefficient (Wildman–Crippen LogP) is 4.09. The monoisotopic (exact) mass is 464 g/mol. The first-order chi connectivity index (χ1) is 16.1. The number of piperidine rings is 1. The molecule has 2 amide bonds. The van der Waals surface area contributed by atoms with E-state index in [9.17, 15) is 14.0 Å². The SMILES string of the molecule is O=C(CN1Cc2c(F)cc(-c3ccc(CC4CCNCC4)cc3)cc2C1=O)Nc1nccs1. The molecule has 2 aliphatic heterocycles. The Morgan fingerprint density at radius 2 is 1.97 bits per heavy atom. The second kappa shape index (κ2) is 9.41. The van der Waals surface area contributed by atoms with E-state index in [0.29, 0.717) is 27.7 Å². The number of halogens is 1. The lowest BCUT2D eigenvalue weighted by Crippen LogP contribution is -2.33. The summed E-state index contributed by atoms with van der Waals surface area (Å²) in [7, 11) is 0. The van der Waals surface area contributed by atoms with Gasteiger partial charge in [0, 0.05) is 22.7 Å². The van der Waals surface area contributed by atoms with Crippen LogP contribution < -0.4 is 10.6 Å². The minimum absolute atomic E-state index is 0.0841. The number of nitrogens with one attached hydrogen (secondary N) is 2. The van der Waals surface area contributed by atoms with Gasteiger partial charge in [-0.1, -0.05) is 24.3 Å². The van der Waals surface area contributed by atoms with Crippen molar-refractivity contribution in [3.63, 3.8) is 0 Å². The molecule has 0 unspecified atom stereocenters. The van der Waals surface area contributed by atoms with Gasteiger partial charge in [-0.25, -0.2) is 9.37 Å². The molecule has 0 saturated carbocycles. The molecule has 2 aromatic carbocycles. The summed E-state index contributed by atoms with van der Waals surface area (Å²) < 4.78 is 14.9. The van der Waals surface area contributed by atoms with Crippen LogP contribution in [0.4, 0.5) is 9.52 Å². The van der Waals surface area contributed by atoms with Gasteiger partial charge in [0.2, 0.25) is 5.91 Å². The van der Waals surface area contributed by atoms with Gasteiger partial charge in [0.05, 0.1) is 6.54 Å². The molecule has 0 atom stereocenters. The first-order valence-electron chi connectivity index (χ1n) is 11.2. The van der Waals surface area contributed by atoms with Crippen LogP contribution in [0.25, 0.3) is 11.1 Å². The number of nitrogens with zero attached hydrogens (tertiary/aromatic N) is 2. The molecule has 8 heteroatoms. The van der Waals surface area contributed by atoms with Gasteiger partial charge in [0.15, 0.2) is 5.13 Å². The van der Waals surface area contributed by atoms with Gasteiger partial charge in [0.25, 0.3) is 5.91 Å². The van der Waals surface area contributed by atoms with Gasteiger partial charge < -0.3 is 15.5 Å². The molecule has 0 bridgehead atoms. The molecular formula is C25H25FN4O2S. The average molecular weight is 465 g/mol. The Morgan fingerprint density at radius 3 is 2.70 bits per heavy atom. The lowest BCUT2D eigenvalue weighted by Gasteiger charge is -2.22. The minimum atomic E-state index is -0.419. The Hall–Kier alpha value is -3.10. The van der Waals surface area contributed by atoms with Crippen LogP contribution in [0.2, 0.25) is 0 Å². The van der Waals surface area contributed by atoms with Crippen molar-refractivity contribution in [2.75, 3.05) is 25.0 Å². The second-order valence-corrected chi connectivity index (χ2v) is 9.52. The van der Waals surface area contributed by atoms with Crippen molar-refractivity contribution < 1.29 is 14.0 Å². The number of hydrogen-bond donors (Lipinski definition) is 2. The summed E-state index contributed by atoms with van der Waals surface area (Å²) >= 11 is 1.30. The topological polar surface area (TPSA) is 74.3 Å². The van der Waals surface area contributed by atoms with Crippen molar-refractivity contribution in [3.05, 3.63) is 70.5 Å². The molecule has 5 rings (SSSR count). The number of anilines is 1. The maximum Gasteiger partial charge on any atom is 0.255 e. The van der Waals surface area contributed by atoms with Crippen LogP contribution in [0.1, 0.15) is 34.3 Å². The highest BCUT2D eigenvalue weighted by atomic mass is 32.1. The molecule has 0 aliphatic carbocycles. The average Bonchev–Trinajstić information content (AvgIpc) is 3.44. The summed E-state index contributed by atoms with van der Waals surface area (Å²) in [6.07, 6.45) is 5.03. The fourth-order valence-electron chi connectivity index (χ4n) is 4.59. The van der Waals surface area contributed by atoms with E-state index >= 15 is 0 Å². The van der Waals surface area contributed by atoms with Crippen LogP contribution in [-0.2, 0) is 17.8 Å². The van der Waals surface area contributed by atoms with E-state index in [2.05, 4.69) is 27.8 Å². The van der Waals surface area contributed by atoms with Crippen molar-refractivity contribution in [1.82, 2.24) is 15.2 Å². The number of carbonyl (C=O) groups is 2. The maximum atomic E-state index is 14.9. The second-order valence-electron chi connectivity index (χ2n) is 8.63. The number of amides is 2. The number of rotatable bonds is 6. The third kappa shape index (κ3) is 4.82. The highest BCUT2D eigenvalue weighted by Crippen LogP contribution is 2.31. The van der Waals surface area contributed by atoms with Gasteiger partial charge in [-0.15, -0.1) is 11.3 Å². The first kappa shape index (κ1) is 21.7. The number of aromatic nitrogens is 1. The molecule has 1 saturated heterocycles. The molecule has 33 heavy (non-hydrogen) atoms. The third-order valence-electron chi connectivity index (χ3n) is 6.35. The Kier molecular flexibility index (Phi) is 6.20. The summed E-state index contributed by atoms with van der Waals surface area (Å²) in [4.78, 5) is 30.6. The van der Waals surface area contributed by atoms with Crippen LogP contribution in [0, 0.1) is 11.7 Å². The minimum Gasteiger partial charge on any atom is -0.325 e. The van der Waals surface area contributed by atoms with E-state index < -0.39 is 5.82 Å². The third-order valence-corrected chi connectivity index (χ3v) is 7.03.